The van der Waals surface area contributed by atoms with Crippen molar-refractivity contribution in [3.05, 3.63) is 94.5 Å². The summed E-state index contributed by atoms with van der Waals surface area (Å²) in [6, 6.07) is 23.5. The first-order valence-corrected chi connectivity index (χ1v) is 12.0. The average molecular weight is 464 g/mol. The van der Waals surface area contributed by atoms with E-state index in [4.69, 9.17) is 21.1 Å². The Morgan fingerprint density at radius 2 is 1.70 bits per heavy atom. The predicted octanol–water partition coefficient (Wildman–Crippen LogP) is 6.41. The van der Waals surface area contributed by atoms with Crippen LogP contribution in [-0.2, 0) is 13.0 Å². The third-order valence-electron chi connectivity index (χ3n) is 6.08. The molecule has 1 saturated heterocycles. The van der Waals surface area contributed by atoms with Gasteiger partial charge in [-0.1, -0.05) is 41.9 Å². The summed E-state index contributed by atoms with van der Waals surface area (Å²) in [4.78, 5) is 15.2. The Labute approximate surface area is 201 Å². The number of likely N-dealkylation sites (tertiary alicyclic amines) is 1. The highest BCUT2D eigenvalue weighted by Crippen LogP contribution is 2.26. The van der Waals surface area contributed by atoms with E-state index in [0.29, 0.717) is 29.7 Å². The molecule has 1 aliphatic heterocycles. The van der Waals surface area contributed by atoms with Gasteiger partial charge in [0.2, 0.25) is 0 Å². The van der Waals surface area contributed by atoms with E-state index >= 15 is 0 Å². The number of carbonyl (C=O) groups excluding carboxylic acids is 1. The molecule has 1 amide bonds. The molecule has 0 spiro atoms. The van der Waals surface area contributed by atoms with Crippen molar-refractivity contribution in [3.63, 3.8) is 0 Å². The van der Waals surface area contributed by atoms with Crippen molar-refractivity contribution < 1.29 is 14.3 Å². The van der Waals surface area contributed by atoms with E-state index in [1.807, 2.05) is 42.2 Å². The summed E-state index contributed by atoms with van der Waals surface area (Å²) in [6.45, 7) is 4.40. The molecule has 5 heteroatoms. The summed E-state index contributed by atoms with van der Waals surface area (Å²) < 4.78 is 11.7. The van der Waals surface area contributed by atoms with Crippen LogP contribution in [0.1, 0.15) is 41.3 Å². The van der Waals surface area contributed by atoms with Gasteiger partial charge >= 0.3 is 0 Å². The Bertz CT molecular complexity index is 1040. The standard InChI is InChI=1S/C28H30ClNO3/c1-2-32-27-13-8-23(19-24(27)20-33-26-11-9-25(29)10-12-26)28(31)30-16-14-22(15-17-30)18-21-6-4-3-5-7-21/h3-13,19,22H,2,14-18,20H2,1H3. The molecule has 4 nitrogen and oxygen atoms in total. The summed E-state index contributed by atoms with van der Waals surface area (Å²) in [5.74, 6) is 2.16. The number of halogens is 1. The van der Waals surface area contributed by atoms with Crippen LogP contribution >= 0.6 is 11.6 Å². The molecule has 0 unspecified atom stereocenters. The summed E-state index contributed by atoms with van der Waals surface area (Å²) in [7, 11) is 0. The van der Waals surface area contributed by atoms with Crippen molar-refractivity contribution >= 4 is 17.5 Å². The van der Waals surface area contributed by atoms with Crippen molar-refractivity contribution in [2.45, 2.75) is 32.8 Å². The van der Waals surface area contributed by atoms with Crippen LogP contribution in [0.3, 0.4) is 0 Å². The topological polar surface area (TPSA) is 38.8 Å². The van der Waals surface area contributed by atoms with Crippen molar-refractivity contribution in [2.24, 2.45) is 5.92 Å². The van der Waals surface area contributed by atoms with Crippen LogP contribution in [-0.4, -0.2) is 30.5 Å². The minimum absolute atomic E-state index is 0.0731. The van der Waals surface area contributed by atoms with Gasteiger partial charge in [-0.25, -0.2) is 0 Å². The zero-order valence-corrected chi connectivity index (χ0v) is 19.8. The molecule has 33 heavy (non-hydrogen) atoms. The highest BCUT2D eigenvalue weighted by molar-refractivity contribution is 6.30. The molecule has 0 radical (unpaired) electrons. The van der Waals surface area contributed by atoms with Gasteiger partial charge in [0.1, 0.15) is 18.1 Å². The van der Waals surface area contributed by atoms with Crippen LogP contribution in [0.2, 0.25) is 5.02 Å². The summed E-state index contributed by atoms with van der Waals surface area (Å²) in [5.41, 5.74) is 2.91. The molecule has 0 aliphatic carbocycles. The Kier molecular flexibility index (Phi) is 7.90. The van der Waals surface area contributed by atoms with Gasteiger partial charge in [0.25, 0.3) is 5.91 Å². The number of hydrogen-bond donors (Lipinski definition) is 0. The molecule has 1 fully saturated rings. The maximum Gasteiger partial charge on any atom is 0.253 e. The van der Waals surface area contributed by atoms with Gasteiger partial charge in [-0.3, -0.25) is 4.79 Å². The molecule has 0 saturated carbocycles. The van der Waals surface area contributed by atoms with Gasteiger partial charge in [-0.2, -0.15) is 0 Å². The number of ether oxygens (including phenoxy) is 2. The van der Waals surface area contributed by atoms with Gasteiger partial charge in [0.05, 0.1) is 6.61 Å². The first-order valence-electron chi connectivity index (χ1n) is 11.6. The number of benzene rings is 3. The fourth-order valence-electron chi connectivity index (χ4n) is 4.28. The zero-order chi connectivity index (χ0) is 23.0. The van der Waals surface area contributed by atoms with E-state index in [1.165, 1.54) is 5.56 Å². The smallest absolute Gasteiger partial charge is 0.253 e. The molecule has 3 aromatic rings. The summed E-state index contributed by atoms with van der Waals surface area (Å²) in [5, 5.41) is 0.664. The lowest BCUT2D eigenvalue weighted by Gasteiger charge is -2.32. The summed E-state index contributed by atoms with van der Waals surface area (Å²) in [6.07, 6.45) is 3.15. The quantitative estimate of drug-likeness (QED) is 0.387. The number of amides is 1. The first-order chi connectivity index (χ1) is 16.1. The van der Waals surface area contributed by atoms with Gasteiger partial charge in [-0.15, -0.1) is 0 Å². The van der Waals surface area contributed by atoms with E-state index in [9.17, 15) is 4.79 Å². The molecule has 1 heterocycles. The van der Waals surface area contributed by atoms with Gasteiger partial charge in [0, 0.05) is 29.2 Å². The number of nitrogens with zero attached hydrogens (tertiary/aromatic N) is 1. The van der Waals surface area contributed by atoms with Gasteiger partial charge in [0.15, 0.2) is 0 Å². The number of hydrogen-bond acceptors (Lipinski definition) is 3. The monoisotopic (exact) mass is 463 g/mol. The van der Waals surface area contributed by atoms with Crippen molar-refractivity contribution in [3.8, 4) is 11.5 Å². The van der Waals surface area contributed by atoms with E-state index in [2.05, 4.69) is 30.3 Å². The fraction of sp³-hybridized carbons (Fsp3) is 0.321. The Hall–Kier alpha value is -2.98. The molecule has 4 rings (SSSR count). The summed E-state index contributed by atoms with van der Waals surface area (Å²) >= 11 is 5.96. The minimum atomic E-state index is 0.0731. The van der Waals surface area contributed by atoms with Crippen molar-refractivity contribution in [1.29, 1.82) is 0 Å². The highest BCUT2D eigenvalue weighted by Gasteiger charge is 2.24. The largest absolute Gasteiger partial charge is 0.493 e. The molecule has 172 valence electrons. The number of rotatable bonds is 8. The van der Waals surface area contributed by atoms with Crippen LogP contribution in [0.25, 0.3) is 0 Å². The number of carbonyl (C=O) groups is 1. The molecule has 0 aromatic heterocycles. The molecule has 0 atom stereocenters. The first kappa shape index (κ1) is 23.2. The predicted molar refractivity (Wildman–Crippen MR) is 132 cm³/mol. The van der Waals surface area contributed by atoms with E-state index in [-0.39, 0.29) is 5.91 Å². The van der Waals surface area contributed by atoms with Crippen molar-refractivity contribution in [1.82, 2.24) is 4.90 Å². The minimum Gasteiger partial charge on any atom is -0.493 e. The Balaban J connectivity index is 1.39. The maximum absolute atomic E-state index is 13.2. The van der Waals surface area contributed by atoms with E-state index in [0.717, 1.165) is 49.4 Å². The van der Waals surface area contributed by atoms with Crippen LogP contribution in [0.15, 0.2) is 72.8 Å². The number of piperidine rings is 1. The Morgan fingerprint density at radius 1 is 0.970 bits per heavy atom. The van der Waals surface area contributed by atoms with Gasteiger partial charge < -0.3 is 14.4 Å². The second-order valence-corrected chi connectivity index (χ2v) is 8.86. The van der Waals surface area contributed by atoms with Crippen molar-refractivity contribution in [2.75, 3.05) is 19.7 Å². The maximum atomic E-state index is 13.2. The van der Waals surface area contributed by atoms with Crippen LogP contribution in [0.5, 0.6) is 11.5 Å². The van der Waals surface area contributed by atoms with E-state index < -0.39 is 0 Å². The third kappa shape index (κ3) is 6.29. The van der Waals surface area contributed by atoms with Crippen LogP contribution in [0.4, 0.5) is 0 Å². The normalized spacial score (nSPS) is 14.2. The third-order valence-corrected chi connectivity index (χ3v) is 6.34. The average Bonchev–Trinajstić information content (AvgIpc) is 2.85. The lowest BCUT2D eigenvalue weighted by Crippen LogP contribution is -2.39. The lowest BCUT2D eigenvalue weighted by molar-refractivity contribution is 0.0690. The SMILES string of the molecule is CCOc1ccc(C(=O)N2CCC(Cc3ccccc3)CC2)cc1COc1ccc(Cl)cc1. The van der Waals surface area contributed by atoms with Gasteiger partial charge in [-0.05, 0) is 80.1 Å². The fourth-order valence-corrected chi connectivity index (χ4v) is 4.41. The highest BCUT2D eigenvalue weighted by atomic mass is 35.5. The molecular weight excluding hydrogens is 434 g/mol. The second kappa shape index (κ2) is 11.2. The lowest BCUT2D eigenvalue weighted by atomic mass is 9.90. The molecule has 3 aromatic carbocycles. The Morgan fingerprint density at radius 3 is 2.39 bits per heavy atom. The molecule has 0 bridgehead atoms. The second-order valence-electron chi connectivity index (χ2n) is 8.42. The van der Waals surface area contributed by atoms with E-state index in [1.54, 1.807) is 12.1 Å². The zero-order valence-electron chi connectivity index (χ0n) is 19.0. The van der Waals surface area contributed by atoms with Crippen LogP contribution < -0.4 is 9.47 Å². The molecule has 0 N–H and O–H groups in total. The molecule has 1 aliphatic rings. The molecular formula is C28H30ClNO3. The van der Waals surface area contributed by atoms with Crippen LogP contribution in [0, 0.1) is 5.92 Å².